The van der Waals surface area contributed by atoms with Gasteiger partial charge in [0.2, 0.25) is 0 Å². The summed E-state index contributed by atoms with van der Waals surface area (Å²) in [6.45, 7) is 7.26. The van der Waals surface area contributed by atoms with E-state index in [-0.39, 0.29) is 22.6 Å². The summed E-state index contributed by atoms with van der Waals surface area (Å²) in [6, 6.07) is 0. The van der Waals surface area contributed by atoms with Crippen LogP contribution >= 0.6 is 11.6 Å². The smallest absolute Gasteiger partial charge is 0.306 e. The van der Waals surface area contributed by atoms with Crippen LogP contribution in [0, 0.1) is 34.5 Å². The molecule has 0 spiro atoms. The summed E-state index contributed by atoms with van der Waals surface area (Å²) < 4.78 is 11.7. The first-order chi connectivity index (χ1) is 13.1. The second-order valence-electron chi connectivity index (χ2n) is 9.69. The first kappa shape index (κ1) is 20.0. The van der Waals surface area contributed by atoms with E-state index in [1.54, 1.807) is 6.08 Å². The lowest BCUT2D eigenvalue weighted by molar-refractivity contribution is -0.287. The predicted octanol–water partition coefficient (Wildman–Crippen LogP) is 5.01. The van der Waals surface area contributed by atoms with Crippen molar-refractivity contribution in [3.05, 3.63) is 24.3 Å². The van der Waals surface area contributed by atoms with Crippen LogP contribution in [0.15, 0.2) is 24.3 Å². The average molecular weight is 407 g/mol. The zero-order valence-corrected chi connectivity index (χ0v) is 18.0. The van der Waals surface area contributed by atoms with E-state index in [2.05, 4.69) is 26.0 Å². The fourth-order valence-electron chi connectivity index (χ4n) is 7.11. The maximum Gasteiger partial charge on any atom is 0.306 e. The lowest BCUT2D eigenvalue weighted by Gasteiger charge is -2.63. The predicted molar refractivity (Wildman–Crippen MR) is 107 cm³/mol. The van der Waals surface area contributed by atoms with Crippen molar-refractivity contribution in [1.82, 2.24) is 0 Å². The monoisotopic (exact) mass is 406 g/mol. The SMILES string of the molecule is CC(=O)OC1(OC(C)=O)C=CCC2C(Cl)C[C@H]3[C@@H]4CC=C[C@@]4(C)CC[C@@H]3[C@]21C. The van der Waals surface area contributed by atoms with E-state index in [0.29, 0.717) is 11.8 Å². The molecule has 28 heavy (non-hydrogen) atoms. The van der Waals surface area contributed by atoms with Gasteiger partial charge in [-0.15, -0.1) is 11.6 Å². The third-order valence-corrected chi connectivity index (χ3v) is 8.79. The van der Waals surface area contributed by atoms with Crippen LogP contribution in [0.5, 0.6) is 0 Å². The van der Waals surface area contributed by atoms with Crippen molar-refractivity contribution >= 4 is 23.5 Å². The maximum absolute atomic E-state index is 12.1. The number of hydrogen-bond donors (Lipinski definition) is 0. The van der Waals surface area contributed by atoms with E-state index in [4.69, 9.17) is 21.1 Å². The van der Waals surface area contributed by atoms with Crippen LogP contribution in [0.3, 0.4) is 0 Å². The van der Waals surface area contributed by atoms with Crippen molar-refractivity contribution < 1.29 is 19.1 Å². The minimum absolute atomic E-state index is 0.0374. The topological polar surface area (TPSA) is 52.6 Å². The first-order valence-corrected chi connectivity index (χ1v) is 11.0. The highest BCUT2D eigenvalue weighted by Gasteiger charge is 2.68. The van der Waals surface area contributed by atoms with E-state index in [1.165, 1.54) is 13.8 Å². The van der Waals surface area contributed by atoms with Gasteiger partial charge in [0.25, 0.3) is 5.79 Å². The first-order valence-electron chi connectivity index (χ1n) is 10.5. The molecular formula is C23H31ClO4. The molecule has 4 aliphatic rings. The van der Waals surface area contributed by atoms with E-state index >= 15 is 0 Å². The van der Waals surface area contributed by atoms with Crippen LogP contribution in [0.1, 0.15) is 59.8 Å². The average Bonchev–Trinajstić information content (AvgIpc) is 2.98. The molecule has 2 unspecified atom stereocenters. The highest BCUT2D eigenvalue weighted by Crippen LogP contribution is 2.67. The highest BCUT2D eigenvalue weighted by molar-refractivity contribution is 6.21. The van der Waals surface area contributed by atoms with Crippen LogP contribution in [-0.4, -0.2) is 23.1 Å². The number of hydrogen-bond acceptors (Lipinski definition) is 4. The normalized spacial score (nSPS) is 45.5. The summed E-state index contributed by atoms with van der Waals surface area (Å²) in [4.78, 5) is 24.2. The van der Waals surface area contributed by atoms with Crippen LogP contribution in [-0.2, 0) is 19.1 Å². The quantitative estimate of drug-likeness (QED) is 0.280. The van der Waals surface area contributed by atoms with Gasteiger partial charge in [0.1, 0.15) is 0 Å². The second kappa shape index (κ2) is 6.62. The Kier molecular flexibility index (Phi) is 4.73. The number of fused-ring (bicyclic) bond motifs is 5. The fourth-order valence-corrected chi connectivity index (χ4v) is 7.68. The van der Waals surface area contributed by atoms with E-state index < -0.39 is 23.1 Å². The highest BCUT2D eigenvalue weighted by atomic mass is 35.5. The molecule has 0 heterocycles. The zero-order chi connectivity index (χ0) is 20.3. The molecule has 5 heteroatoms. The van der Waals surface area contributed by atoms with Gasteiger partial charge < -0.3 is 9.47 Å². The summed E-state index contributed by atoms with van der Waals surface area (Å²) in [5.41, 5.74) is -0.324. The summed E-state index contributed by atoms with van der Waals surface area (Å²) in [5, 5.41) is -0.0374. The molecule has 4 rings (SSSR count). The summed E-state index contributed by atoms with van der Waals surface area (Å²) in [5.74, 6) is -0.914. The number of carbonyl (C=O) groups is 2. The molecule has 154 valence electrons. The number of alkyl halides is 1. The van der Waals surface area contributed by atoms with Crippen molar-refractivity contribution in [2.45, 2.75) is 71.0 Å². The summed E-state index contributed by atoms with van der Waals surface area (Å²) >= 11 is 7.00. The van der Waals surface area contributed by atoms with Crippen LogP contribution in [0.2, 0.25) is 0 Å². The van der Waals surface area contributed by atoms with Gasteiger partial charge in [0.15, 0.2) is 0 Å². The Morgan fingerprint density at radius 3 is 2.21 bits per heavy atom. The molecule has 2 saturated carbocycles. The Bertz CT molecular complexity index is 727. The number of ether oxygens (including phenoxy) is 2. The van der Waals surface area contributed by atoms with Gasteiger partial charge in [-0.05, 0) is 67.3 Å². The van der Waals surface area contributed by atoms with Crippen molar-refractivity contribution in [2.75, 3.05) is 0 Å². The lowest BCUT2D eigenvalue weighted by Crippen LogP contribution is -2.66. The Morgan fingerprint density at radius 1 is 0.964 bits per heavy atom. The van der Waals surface area contributed by atoms with Crippen LogP contribution in [0.4, 0.5) is 0 Å². The molecule has 4 nitrogen and oxygen atoms in total. The van der Waals surface area contributed by atoms with Gasteiger partial charge >= 0.3 is 11.9 Å². The van der Waals surface area contributed by atoms with E-state index in [0.717, 1.165) is 32.1 Å². The van der Waals surface area contributed by atoms with Gasteiger partial charge in [-0.1, -0.05) is 32.1 Å². The third kappa shape index (κ3) is 2.70. The van der Waals surface area contributed by atoms with Gasteiger partial charge in [-0.2, -0.15) is 0 Å². The molecular weight excluding hydrogens is 376 g/mol. The Hall–Kier alpha value is -1.29. The minimum atomic E-state index is -1.39. The fraction of sp³-hybridized carbons (Fsp3) is 0.739. The molecule has 0 N–H and O–H groups in total. The third-order valence-electron chi connectivity index (χ3n) is 8.31. The Morgan fingerprint density at radius 2 is 1.57 bits per heavy atom. The van der Waals surface area contributed by atoms with Gasteiger partial charge in [-0.25, -0.2) is 0 Å². The molecule has 4 aliphatic carbocycles. The van der Waals surface area contributed by atoms with E-state index in [1.807, 2.05) is 6.08 Å². The second-order valence-corrected chi connectivity index (χ2v) is 10.3. The molecule has 7 atom stereocenters. The molecule has 0 aromatic rings. The standard InChI is InChI=1S/C23H31ClO4/c1-14(25)27-23(28-15(2)26)11-6-8-19-20(24)13-16-17-7-5-10-21(17,3)12-9-18(16)22(19,23)4/h5-6,10-11,16-20H,7-9,12-13H2,1-4H3/t16-,17-,18-,19?,20?,21-,22+/m0/s1. The number of allylic oxidation sites excluding steroid dienone is 3. The molecule has 0 aromatic heterocycles. The van der Waals surface area contributed by atoms with Crippen molar-refractivity contribution in [3.8, 4) is 0 Å². The van der Waals surface area contributed by atoms with Crippen LogP contribution < -0.4 is 0 Å². The molecule has 0 radical (unpaired) electrons. The van der Waals surface area contributed by atoms with Crippen molar-refractivity contribution in [3.63, 3.8) is 0 Å². The molecule has 0 saturated heterocycles. The Balaban J connectivity index is 1.83. The van der Waals surface area contributed by atoms with Gasteiger partial charge in [0.05, 0.1) is 5.41 Å². The lowest BCUT2D eigenvalue weighted by atomic mass is 9.44. The largest absolute Gasteiger partial charge is 0.418 e. The molecule has 0 aliphatic heterocycles. The van der Waals surface area contributed by atoms with Gasteiger partial charge in [-0.3, -0.25) is 9.59 Å². The summed E-state index contributed by atoms with van der Waals surface area (Å²) in [7, 11) is 0. The number of carbonyl (C=O) groups excluding carboxylic acids is 2. The summed E-state index contributed by atoms with van der Waals surface area (Å²) in [6.07, 6.45) is 13.5. The number of halogens is 1. The molecule has 0 amide bonds. The number of rotatable bonds is 2. The maximum atomic E-state index is 12.1. The minimum Gasteiger partial charge on any atom is -0.418 e. The zero-order valence-electron chi connectivity index (χ0n) is 17.2. The van der Waals surface area contributed by atoms with E-state index in [9.17, 15) is 9.59 Å². The molecule has 0 bridgehead atoms. The van der Waals surface area contributed by atoms with Gasteiger partial charge in [0, 0.05) is 19.2 Å². The van der Waals surface area contributed by atoms with Crippen molar-refractivity contribution in [2.24, 2.45) is 34.5 Å². The molecule has 0 aromatic carbocycles. The Labute approximate surface area is 172 Å². The van der Waals surface area contributed by atoms with Crippen LogP contribution in [0.25, 0.3) is 0 Å². The van der Waals surface area contributed by atoms with Crippen molar-refractivity contribution in [1.29, 1.82) is 0 Å². The number of esters is 2. The molecule has 2 fully saturated rings.